The Bertz CT molecular complexity index is 1390. The summed E-state index contributed by atoms with van der Waals surface area (Å²) in [6, 6.07) is 19.6. The molecule has 0 fully saturated rings. The van der Waals surface area contributed by atoms with Crippen molar-refractivity contribution in [3.05, 3.63) is 87.5 Å². The van der Waals surface area contributed by atoms with Crippen LogP contribution < -0.4 is 20.2 Å². The predicted molar refractivity (Wildman–Crippen MR) is 160 cm³/mol. The van der Waals surface area contributed by atoms with Gasteiger partial charge < -0.3 is 10.1 Å². The summed E-state index contributed by atoms with van der Waals surface area (Å²) in [7, 11) is -3.89. The molecule has 3 aromatic carbocycles. The molecule has 0 aromatic heterocycles. The van der Waals surface area contributed by atoms with Gasteiger partial charge in [-0.1, -0.05) is 31.5 Å². The van der Waals surface area contributed by atoms with Crippen LogP contribution in [-0.2, 0) is 19.6 Å². The monoisotopic (exact) mass is 662 g/mol. The highest BCUT2D eigenvalue weighted by Gasteiger charge is 2.26. The Morgan fingerprint density at radius 2 is 1.62 bits per heavy atom. The van der Waals surface area contributed by atoms with Gasteiger partial charge in [-0.05, 0) is 108 Å². The first-order valence-corrected chi connectivity index (χ1v) is 14.8. The smallest absolute Gasteiger partial charge is 0.262 e. The zero-order valence-corrected chi connectivity index (χ0v) is 24.8. The molecule has 3 rings (SSSR count). The van der Waals surface area contributed by atoms with E-state index in [1.807, 2.05) is 45.0 Å². The van der Waals surface area contributed by atoms with E-state index in [1.54, 1.807) is 36.4 Å². The van der Waals surface area contributed by atoms with Gasteiger partial charge in [0.25, 0.3) is 11.8 Å². The molecule has 0 saturated heterocycles. The van der Waals surface area contributed by atoms with Crippen LogP contribution in [0.1, 0.15) is 31.4 Å². The maximum Gasteiger partial charge on any atom is 0.262 e. The number of anilines is 1. The lowest BCUT2D eigenvalue weighted by Crippen LogP contribution is -2.46. The van der Waals surface area contributed by atoms with Gasteiger partial charge in [0.2, 0.25) is 10.0 Å². The molecule has 0 radical (unpaired) electrons. The summed E-state index contributed by atoms with van der Waals surface area (Å²) in [5.41, 5.74) is 4.72. The number of rotatable bonds is 12. The van der Waals surface area contributed by atoms with Crippen molar-refractivity contribution >= 4 is 56.3 Å². The molecule has 3 N–H and O–H groups in total. The number of nitrogens with zero attached hydrogens (tertiary/aromatic N) is 1. The lowest BCUT2D eigenvalue weighted by atomic mass is 10.0. The molecule has 1 atom stereocenters. The van der Waals surface area contributed by atoms with Crippen molar-refractivity contribution in [3.8, 4) is 5.75 Å². The summed E-state index contributed by atoms with van der Waals surface area (Å²) >= 11 is 2.19. The first kappa shape index (κ1) is 30.3. The van der Waals surface area contributed by atoms with Crippen LogP contribution in [0.4, 0.5) is 5.69 Å². The Kier molecular flexibility index (Phi) is 11.0. The van der Waals surface area contributed by atoms with E-state index in [-0.39, 0.29) is 23.3 Å². The zero-order chi connectivity index (χ0) is 28.4. The van der Waals surface area contributed by atoms with E-state index < -0.39 is 22.0 Å². The Morgan fingerprint density at radius 1 is 0.974 bits per heavy atom. The minimum atomic E-state index is -3.89. The number of benzene rings is 3. The van der Waals surface area contributed by atoms with Gasteiger partial charge in [0.1, 0.15) is 11.8 Å². The molecule has 0 bridgehead atoms. The molecular formula is C28H31IN4O5S. The van der Waals surface area contributed by atoms with Crippen LogP contribution in [-0.4, -0.2) is 39.1 Å². The number of amides is 2. The van der Waals surface area contributed by atoms with E-state index >= 15 is 0 Å². The first-order valence-electron chi connectivity index (χ1n) is 12.2. The number of hydrogen-bond acceptors (Lipinski definition) is 6. The number of carbonyl (C=O) groups is 2. The van der Waals surface area contributed by atoms with Crippen LogP contribution in [0.5, 0.6) is 5.75 Å². The fourth-order valence-electron chi connectivity index (χ4n) is 3.43. The summed E-state index contributed by atoms with van der Waals surface area (Å²) in [6.07, 6.45) is 1.74. The highest BCUT2D eigenvalue weighted by Crippen LogP contribution is 2.15. The fraction of sp³-hybridized carbons (Fsp3) is 0.250. The number of hydrazone groups is 1. The van der Waals surface area contributed by atoms with Crippen LogP contribution in [0.3, 0.4) is 0 Å². The lowest BCUT2D eigenvalue weighted by Gasteiger charge is -2.19. The topological polar surface area (TPSA) is 126 Å². The summed E-state index contributed by atoms with van der Waals surface area (Å²) in [5, 5.41) is 6.74. The summed E-state index contributed by atoms with van der Waals surface area (Å²) in [6.45, 7) is 5.52. The molecule has 0 aliphatic carbocycles. The second-order valence-electron chi connectivity index (χ2n) is 9.26. The Hall–Kier alpha value is -3.29. The summed E-state index contributed by atoms with van der Waals surface area (Å²) in [5.74, 6) is -0.277. The molecule has 206 valence electrons. The molecule has 0 aliphatic heterocycles. The van der Waals surface area contributed by atoms with Crippen LogP contribution in [0, 0.1) is 16.4 Å². The molecular weight excluding hydrogens is 631 g/mol. The minimum absolute atomic E-state index is 0.0663. The van der Waals surface area contributed by atoms with E-state index in [9.17, 15) is 18.0 Å². The molecule has 3 aromatic rings. The number of carbonyl (C=O) groups excluding carboxylic acids is 2. The first-order chi connectivity index (χ1) is 18.5. The molecule has 11 heteroatoms. The highest BCUT2D eigenvalue weighted by molar-refractivity contribution is 14.1. The van der Waals surface area contributed by atoms with Gasteiger partial charge in [-0.3, -0.25) is 9.59 Å². The van der Waals surface area contributed by atoms with E-state index in [0.717, 1.165) is 9.13 Å². The van der Waals surface area contributed by atoms with E-state index in [2.05, 4.69) is 43.2 Å². The van der Waals surface area contributed by atoms with Crippen LogP contribution >= 0.6 is 22.6 Å². The third kappa shape index (κ3) is 10.1. The molecule has 2 amide bonds. The summed E-state index contributed by atoms with van der Waals surface area (Å²) in [4.78, 5) is 25.0. The Morgan fingerprint density at radius 3 is 2.23 bits per heavy atom. The van der Waals surface area contributed by atoms with Crippen LogP contribution in [0.2, 0.25) is 0 Å². The quantitative estimate of drug-likeness (QED) is 0.150. The molecule has 0 unspecified atom stereocenters. The normalized spacial score (nSPS) is 12.3. The van der Waals surface area contributed by atoms with E-state index in [0.29, 0.717) is 23.4 Å². The minimum Gasteiger partial charge on any atom is -0.484 e. The maximum atomic E-state index is 12.8. The maximum absolute atomic E-state index is 12.8. The van der Waals surface area contributed by atoms with Crippen molar-refractivity contribution < 1.29 is 22.7 Å². The predicted octanol–water partition coefficient (Wildman–Crippen LogP) is 4.46. The van der Waals surface area contributed by atoms with Crippen LogP contribution in [0.15, 0.2) is 82.8 Å². The van der Waals surface area contributed by atoms with Crippen molar-refractivity contribution in [2.45, 2.75) is 38.1 Å². The van der Waals surface area contributed by atoms with E-state index in [1.165, 1.54) is 18.3 Å². The molecule has 9 nitrogen and oxygen atoms in total. The molecule has 0 aliphatic rings. The highest BCUT2D eigenvalue weighted by atomic mass is 127. The van der Waals surface area contributed by atoms with Crippen molar-refractivity contribution in [2.75, 3.05) is 11.9 Å². The Labute approximate surface area is 242 Å². The summed E-state index contributed by atoms with van der Waals surface area (Å²) < 4.78 is 34.7. The zero-order valence-electron chi connectivity index (χ0n) is 21.8. The van der Waals surface area contributed by atoms with Gasteiger partial charge in [-0.15, -0.1) is 0 Å². The van der Waals surface area contributed by atoms with Crippen molar-refractivity contribution in [1.82, 2.24) is 10.1 Å². The Balaban J connectivity index is 1.53. The SMILES string of the molecule is Cc1ccc(S(=O)(=O)N[C@H](CC(C)C)C(=O)N/N=C\c2ccc(OCC(=O)Nc3ccc(I)cc3)cc2)cc1. The number of halogens is 1. The van der Waals surface area contributed by atoms with Gasteiger partial charge in [0.15, 0.2) is 6.61 Å². The molecule has 39 heavy (non-hydrogen) atoms. The number of sulfonamides is 1. The van der Waals surface area contributed by atoms with Gasteiger partial charge in [-0.2, -0.15) is 9.82 Å². The second kappa shape index (κ2) is 14.2. The standard InChI is InChI=1S/C28H31IN4O5S/c1-19(2)16-26(33-39(36,37)25-14-4-20(3)5-15-25)28(35)32-30-17-21-6-12-24(13-7-21)38-18-27(34)31-23-10-8-22(29)9-11-23/h4-15,17,19,26,33H,16,18H2,1-3H3,(H,31,34)(H,32,35)/b30-17-/t26-/m1/s1. The average Bonchev–Trinajstić information content (AvgIpc) is 2.89. The molecule has 0 heterocycles. The van der Waals surface area contributed by atoms with Crippen molar-refractivity contribution in [1.29, 1.82) is 0 Å². The molecule has 0 saturated carbocycles. The van der Waals surface area contributed by atoms with Gasteiger partial charge >= 0.3 is 0 Å². The lowest BCUT2D eigenvalue weighted by molar-refractivity contribution is -0.123. The average molecular weight is 663 g/mol. The number of nitrogens with one attached hydrogen (secondary N) is 3. The third-order valence-corrected chi connectivity index (χ3v) is 7.63. The number of aryl methyl sites for hydroxylation is 1. The van der Waals surface area contributed by atoms with Gasteiger partial charge in [-0.25, -0.2) is 13.8 Å². The third-order valence-electron chi connectivity index (χ3n) is 5.42. The largest absolute Gasteiger partial charge is 0.484 e. The number of ether oxygens (including phenoxy) is 1. The van der Waals surface area contributed by atoms with Gasteiger partial charge in [0.05, 0.1) is 11.1 Å². The van der Waals surface area contributed by atoms with E-state index in [4.69, 9.17) is 4.74 Å². The number of hydrogen-bond donors (Lipinski definition) is 3. The fourth-order valence-corrected chi connectivity index (χ4v) is 5.00. The second-order valence-corrected chi connectivity index (χ2v) is 12.2. The van der Waals surface area contributed by atoms with Crippen LogP contribution in [0.25, 0.3) is 0 Å². The van der Waals surface area contributed by atoms with Crippen molar-refractivity contribution in [3.63, 3.8) is 0 Å². The molecule has 0 spiro atoms. The van der Waals surface area contributed by atoms with Crippen molar-refractivity contribution in [2.24, 2.45) is 11.0 Å². The van der Waals surface area contributed by atoms with Gasteiger partial charge in [0, 0.05) is 9.26 Å².